The van der Waals surface area contributed by atoms with E-state index in [1.54, 1.807) is 44.6 Å². The van der Waals surface area contributed by atoms with E-state index in [9.17, 15) is 4.79 Å². The fourth-order valence-electron chi connectivity index (χ4n) is 2.51. The molecule has 0 aliphatic carbocycles. The van der Waals surface area contributed by atoms with Crippen LogP contribution in [-0.4, -0.2) is 36.5 Å². The molecule has 0 aliphatic heterocycles. The van der Waals surface area contributed by atoms with Crippen LogP contribution in [0.2, 0.25) is 0 Å². The molecule has 2 aromatic carbocycles. The van der Waals surface area contributed by atoms with Crippen LogP contribution in [0.1, 0.15) is 16.1 Å². The summed E-state index contributed by atoms with van der Waals surface area (Å²) < 4.78 is 10.6. The van der Waals surface area contributed by atoms with Crippen LogP contribution >= 0.6 is 0 Å². The number of nitrogens with one attached hydrogen (secondary N) is 2. The Hall–Kier alpha value is -3.87. The average Bonchev–Trinajstić information content (AvgIpc) is 3.24. The first-order chi connectivity index (χ1) is 13.7. The van der Waals surface area contributed by atoms with Crippen LogP contribution in [0.3, 0.4) is 0 Å². The minimum atomic E-state index is -0.398. The number of carbonyl (C=O) groups excluding carboxylic acids is 1. The number of ether oxygens (including phenoxy) is 2. The Kier molecular flexibility index (Phi) is 6.20. The van der Waals surface area contributed by atoms with Gasteiger partial charge in [-0.3, -0.25) is 9.89 Å². The molecule has 0 unspecified atom stereocenters. The van der Waals surface area contributed by atoms with Crippen molar-refractivity contribution in [2.45, 2.75) is 0 Å². The number of carbonyl (C=O) groups is 1. The summed E-state index contributed by atoms with van der Waals surface area (Å²) in [6.45, 7) is 0. The van der Waals surface area contributed by atoms with Crippen molar-refractivity contribution in [3.63, 3.8) is 0 Å². The van der Waals surface area contributed by atoms with E-state index in [1.807, 2.05) is 36.4 Å². The topological polar surface area (TPSA) is 88.6 Å². The van der Waals surface area contributed by atoms with E-state index >= 15 is 0 Å². The summed E-state index contributed by atoms with van der Waals surface area (Å²) in [7, 11) is 3.16. The predicted molar refractivity (Wildman–Crippen MR) is 109 cm³/mol. The molecular formula is C21H20N4O3. The van der Waals surface area contributed by atoms with Gasteiger partial charge in [-0.15, -0.1) is 0 Å². The van der Waals surface area contributed by atoms with E-state index in [-0.39, 0.29) is 5.69 Å². The van der Waals surface area contributed by atoms with E-state index in [2.05, 4.69) is 20.7 Å². The van der Waals surface area contributed by atoms with Crippen LogP contribution in [0.5, 0.6) is 11.5 Å². The van der Waals surface area contributed by atoms with Gasteiger partial charge < -0.3 is 9.47 Å². The summed E-state index contributed by atoms with van der Waals surface area (Å²) in [6, 6.07) is 16.8. The first-order valence-electron chi connectivity index (χ1n) is 8.54. The molecule has 0 spiro atoms. The van der Waals surface area contributed by atoms with Crippen molar-refractivity contribution >= 4 is 18.2 Å². The number of hydrogen-bond acceptors (Lipinski definition) is 5. The Bertz CT molecular complexity index is 994. The van der Waals surface area contributed by atoms with Gasteiger partial charge in [0.05, 0.1) is 19.9 Å². The van der Waals surface area contributed by atoms with Crippen molar-refractivity contribution in [2.24, 2.45) is 5.10 Å². The van der Waals surface area contributed by atoms with E-state index in [0.717, 1.165) is 5.56 Å². The number of rotatable bonds is 7. The summed E-state index contributed by atoms with van der Waals surface area (Å²) >= 11 is 0. The quantitative estimate of drug-likeness (QED) is 0.488. The van der Waals surface area contributed by atoms with Gasteiger partial charge in [0.15, 0.2) is 0 Å². The average molecular weight is 376 g/mol. The van der Waals surface area contributed by atoms with Gasteiger partial charge in [-0.2, -0.15) is 10.2 Å². The molecular weight excluding hydrogens is 356 g/mol. The zero-order valence-corrected chi connectivity index (χ0v) is 15.5. The molecule has 1 aromatic heterocycles. The summed E-state index contributed by atoms with van der Waals surface area (Å²) in [5, 5.41) is 10.8. The van der Waals surface area contributed by atoms with Crippen LogP contribution in [0.25, 0.3) is 17.3 Å². The van der Waals surface area contributed by atoms with Crippen molar-refractivity contribution in [3.8, 4) is 22.8 Å². The predicted octanol–water partition coefficient (Wildman–Crippen LogP) is 3.52. The molecule has 1 heterocycles. The fraction of sp³-hybridized carbons (Fsp3) is 0.0952. The molecule has 0 bridgehead atoms. The number of amides is 1. The summed E-state index contributed by atoms with van der Waals surface area (Å²) in [5.41, 5.74) is 5.06. The Morgan fingerprint density at radius 1 is 1.11 bits per heavy atom. The highest BCUT2D eigenvalue weighted by Gasteiger charge is 2.14. The minimum Gasteiger partial charge on any atom is -0.497 e. The Balaban J connectivity index is 1.66. The number of aromatic nitrogens is 2. The van der Waals surface area contributed by atoms with Crippen LogP contribution in [0.4, 0.5) is 0 Å². The highest BCUT2D eigenvalue weighted by Crippen LogP contribution is 2.32. The van der Waals surface area contributed by atoms with E-state index in [0.29, 0.717) is 22.8 Å². The maximum atomic E-state index is 12.2. The maximum absolute atomic E-state index is 12.2. The van der Waals surface area contributed by atoms with Gasteiger partial charge in [-0.1, -0.05) is 36.4 Å². The molecule has 0 aliphatic rings. The summed E-state index contributed by atoms with van der Waals surface area (Å²) in [4.78, 5) is 12.2. The number of hydrazone groups is 1. The monoisotopic (exact) mass is 376 g/mol. The number of methoxy groups -OCH3 is 2. The number of H-pyrrole nitrogens is 1. The Morgan fingerprint density at radius 2 is 1.93 bits per heavy atom. The lowest BCUT2D eigenvalue weighted by Gasteiger charge is -2.08. The maximum Gasteiger partial charge on any atom is 0.289 e. The number of allylic oxidation sites excluding steroid dienone is 1. The summed E-state index contributed by atoms with van der Waals surface area (Å²) in [6.07, 6.45) is 5.14. The second-order valence-electron chi connectivity index (χ2n) is 5.72. The van der Waals surface area contributed by atoms with Crippen LogP contribution in [0.15, 0.2) is 65.8 Å². The number of nitrogens with zero attached hydrogens (tertiary/aromatic N) is 2. The molecule has 7 heteroatoms. The number of hydrogen-bond donors (Lipinski definition) is 2. The van der Waals surface area contributed by atoms with E-state index in [1.165, 1.54) is 6.21 Å². The van der Waals surface area contributed by atoms with E-state index < -0.39 is 5.91 Å². The zero-order chi connectivity index (χ0) is 19.8. The largest absolute Gasteiger partial charge is 0.497 e. The molecule has 3 aromatic rings. The molecule has 28 heavy (non-hydrogen) atoms. The van der Waals surface area contributed by atoms with Gasteiger partial charge in [-0.05, 0) is 35.9 Å². The first kappa shape index (κ1) is 18.9. The minimum absolute atomic E-state index is 0.282. The van der Waals surface area contributed by atoms with E-state index in [4.69, 9.17) is 9.47 Å². The lowest BCUT2D eigenvalue weighted by Crippen LogP contribution is -2.17. The molecule has 3 rings (SSSR count). The number of benzene rings is 2. The molecule has 0 radical (unpaired) electrons. The standard InChI is InChI=1S/C21H20N4O3/c1-27-16-10-11-20(28-2)17(13-16)18-14-19(24-23-18)21(26)25-22-12-6-9-15-7-4-3-5-8-15/h3-14H,1-2H3,(H,23,24)(H,25,26). The van der Waals surface area contributed by atoms with Crippen molar-refractivity contribution in [1.29, 1.82) is 0 Å². The van der Waals surface area contributed by atoms with Crippen molar-refractivity contribution in [1.82, 2.24) is 15.6 Å². The van der Waals surface area contributed by atoms with Crippen molar-refractivity contribution < 1.29 is 14.3 Å². The smallest absolute Gasteiger partial charge is 0.289 e. The van der Waals surface area contributed by atoms with Crippen LogP contribution in [0, 0.1) is 0 Å². The second kappa shape index (κ2) is 9.18. The third kappa shape index (κ3) is 4.64. The van der Waals surface area contributed by atoms with Crippen LogP contribution in [-0.2, 0) is 0 Å². The molecule has 142 valence electrons. The van der Waals surface area contributed by atoms with Crippen molar-refractivity contribution in [3.05, 3.63) is 71.9 Å². The van der Waals surface area contributed by atoms with Crippen molar-refractivity contribution in [2.75, 3.05) is 14.2 Å². The van der Waals surface area contributed by atoms with Gasteiger partial charge in [0, 0.05) is 11.8 Å². The van der Waals surface area contributed by atoms with Gasteiger partial charge in [0.2, 0.25) is 0 Å². The molecule has 2 N–H and O–H groups in total. The summed E-state index contributed by atoms with van der Waals surface area (Å²) in [5.74, 6) is 0.896. The van der Waals surface area contributed by atoms with Gasteiger partial charge >= 0.3 is 0 Å². The molecule has 0 saturated carbocycles. The zero-order valence-electron chi connectivity index (χ0n) is 15.5. The molecule has 0 saturated heterocycles. The lowest BCUT2D eigenvalue weighted by atomic mass is 10.1. The number of aromatic amines is 1. The molecule has 1 amide bonds. The Morgan fingerprint density at radius 3 is 2.68 bits per heavy atom. The Labute approximate surface area is 162 Å². The highest BCUT2D eigenvalue weighted by atomic mass is 16.5. The molecule has 7 nitrogen and oxygen atoms in total. The lowest BCUT2D eigenvalue weighted by molar-refractivity contribution is 0.0950. The molecule has 0 atom stereocenters. The van der Waals surface area contributed by atoms with Crippen LogP contribution < -0.4 is 14.9 Å². The first-order valence-corrected chi connectivity index (χ1v) is 8.54. The van der Waals surface area contributed by atoms with Gasteiger partial charge in [0.25, 0.3) is 5.91 Å². The molecule has 0 fully saturated rings. The SMILES string of the molecule is COc1ccc(OC)c(-c2cc(C(=O)NN=CC=Cc3ccccc3)[nH]n2)c1. The highest BCUT2D eigenvalue weighted by molar-refractivity contribution is 5.94. The third-order valence-corrected chi connectivity index (χ3v) is 3.92. The van der Waals surface area contributed by atoms with Gasteiger partial charge in [-0.25, -0.2) is 5.43 Å². The fourth-order valence-corrected chi connectivity index (χ4v) is 2.51. The normalized spacial score (nSPS) is 11.1. The van der Waals surface area contributed by atoms with Gasteiger partial charge in [0.1, 0.15) is 17.2 Å². The second-order valence-corrected chi connectivity index (χ2v) is 5.72. The third-order valence-electron chi connectivity index (χ3n) is 3.92.